The zero-order chi connectivity index (χ0) is 19.3. The maximum absolute atomic E-state index is 12.1. The lowest BCUT2D eigenvalue weighted by molar-refractivity contribution is -0.173. The number of alkyl halides is 3. The molecule has 1 aromatic rings. The molecule has 0 fully saturated rings. The maximum atomic E-state index is 12.1. The summed E-state index contributed by atoms with van der Waals surface area (Å²) < 4.78 is 35.9. The number of imide groups is 1. The highest BCUT2D eigenvalue weighted by Gasteiger charge is 2.38. The van der Waals surface area contributed by atoms with Gasteiger partial charge < -0.3 is 10.6 Å². The monoisotopic (exact) mass is 371 g/mol. The minimum absolute atomic E-state index is 0.0547. The Morgan fingerprint density at radius 1 is 0.962 bits per heavy atom. The Morgan fingerprint density at radius 3 is 2.04 bits per heavy atom. The predicted molar refractivity (Wildman–Crippen MR) is 83.1 cm³/mol. The van der Waals surface area contributed by atoms with Gasteiger partial charge in [0, 0.05) is 26.1 Å². The van der Waals surface area contributed by atoms with Crippen molar-refractivity contribution in [3.8, 4) is 0 Å². The van der Waals surface area contributed by atoms with Crippen molar-refractivity contribution in [2.75, 3.05) is 19.6 Å². The number of rotatable bonds is 7. The van der Waals surface area contributed by atoms with E-state index in [1.807, 2.05) is 0 Å². The van der Waals surface area contributed by atoms with Crippen molar-refractivity contribution >= 4 is 23.6 Å². The van der Waals surface area contributed by atoms with Crippen LogP contribution in [-0.2, 0) is 9.59 Å². The van der Waals surface area contributed by atoms with Crippen molar-refractivity contribution in [2.24, 2.45) is 0 Å². The molecule has 0 aliphatic carbocycles. The van der Waals surface area contributed by atoms with Gasteiger partial charge in [0.05, 0.1) is 11.1 Å². The molecule has 4 amide bonds. The van der Waals surface area contributed by atoms with E-state index in [-0.39, 0.29) is 32.5 Å². The number of amides is 4. The van der Waals surface area contributed by atoms with Crippen LogP contribution in [0.25, 0.3) is 0 Å². The van der Waals surface area contributed by atoms with E-state index in [0.717, 1.165) is 4.90 Å². The van der Waals surface area contributed by atoms with Gasteiger partial charge in [0.2, 0.25) is 5.91 Å². The van der Waals surface area contributed by atoms with E-state index in [1.54, 1.807) is 17.4 Å². The van der Waals surface area contributed by atoms with Gasteiger partial charge in [-0.2, -0.15) is 13.2 Å². The average Bonchev–Trinajstić information content (AvgIpc) is 2.83. The minimum atomic E-state index is -4.93. The molecule has 2 N–H and O–H groups in total. The first-order chi connectivity index (χ1) is 12.2. The third-order valence-corrected chi connectivity index (χ3v) is 3.66. The van der Waals surface area contributed by atoms with Crippen LogP contribution < -0.4 is 10.6 Å². The molecule has 7 nitrogen and oxygen atoms in total. The lowest BCUT2D eigenvalue weighted by Gasteiger charge is -2.13. The van der Waals surface area contributed by atoms with E-state index in [0.29, 0.717) is 11.1 Å². The summed E-state index contributed by atoms with van der Waals surface area (Å²) in [6.45, 7) is -0.279. The Labute approximate surface area is 146 Å². The molecule has 1 aliphatic heterocycles. The molecule has 140 valence electrons. The van der Waals surface area contributed by atoms with Crippen LogP contribution in [0.2, 0.25) is 0 Å². The lowest BCUT2D eigenvalue weighted by Crippen LogP contribution is -2.38. The number of carbonyl (C=O) groups is 4. The normalized spacial score (nSPS) is 13.6. The van der Waals surface area contributed by atoms with Gasteiger partial charge in [-0.05, 0) is 18.6 Å². The zero-order valence-electron chi connectivity index (χ0n) is 13.6. The smallest absolute Gasteiger partial charge is 0.356 e. The van der Waals surface area contributed by atoms with Gasteiger partial charge in [-0.1, -0.05) is 12.1 Å². The number of benzene rings is 1. The van der Waals surface area contributed by atoms with Crippen LogP contribution in [0.15, 0.2) is 24.3 Å². The Hall–Kier alpha value is -2.91. The van der Waals surface area contributed by atoms with Gasteiger partial charge >= 0.3 is 12.1 Å². The topological polar surface area (TPSA) is 95.6 Å². The van der Waals surface area contributed by atoms with Gasteiger partial charge in [-0.3, -0.25) is 24.1 Å². The summed E-state index contributed by atoms with van der Waals surface area (Å²) >= 11 is 0. The predicted octanol–water partition coefficient (Wildman–Crippen LogP) is 0.857. The average molecular weight is 371 g/mol. The third-order valence-electron chi connectivity index (χ3n) is 3.66. The molecule has 0 radical (unpaired) electrons. The first kappa shape index (κ1) is 19.4. The van der Waals surface area contributed by atoms with Gasteiger partial charge in [0.25, 0.3) is 11.8 Å². The molecular formula is C16H16F3N3O4. The summed E-state index contributed by atoms with van der Waals surface area (Å²) in [6.07, 6.45) is -4.95. The molecule has 0 saturated carbocycles. The second kappa shape index (κ2) is 7.98. The van der Waals surface area contributed by atoms with Crippen molar-refractivity contribution < 1.29 is 32.3 Å². The highest BCUT2D eigenvalue weighted by molar-refractivity contribution is 6.21. The van der Waals surface area contributed by atoms with Gasteiger partial charge in [-0.25, -0.2) is 0 Å². The van der Waals surface area contributed by atoms with E-state index in [9.17, 15) is 32.3 Å². The largest absolute Gasteiger partial charge is 0.471 e. The van der Waals surface area contributed by atoms with Crippen molar-refractivity contribution in [3.63, 3.8) is 0 Å². The Balaban J connectivity index is 1.68. The first-order valence-electron chi connectivity index (χ1n) is 7.78. The lowest BCUT2D eigenvalue weighted by atomic mass is 10.1. The fourth-order valence-corrected chi connectivity index (χ4v) is 2.36. The molecule has 0 spiro atoms. The number of nitrogens with one attached hydrogen (secondary N) is 2. The molecule has 10 heteroatoms. The number of fused-ring (bicyclic) bond motifs is 1. The Morgan fingerprint density at radius 2 is 1.50 bits per heavy atom. The van der Waals surface area contributed by atoms with E-state index < -0.39 is 29.8 Å². The molecule has 26 heavy (non-hydrogen) atoms. The highest BCUT2D eigenvalue weighted by atomic mass is 19.4. The maximum Gasteiger partial charge on any atom is 0.471 e. The van der Waals surface area contributed by atoms with Crippen LogP contribution in [-0.4, -0.2) is 54.3 Å². The SMILES string of the molecule is O=C(CCN1C(=O)c2ccccc2C1=O)NCCCNC(=O)C(F)(F)F. The van der Waals surface area contributed by atoms with Crippen molar-refractivity contribution in [2.45, 2.75) is 19.0 Å². The standard InChI is InChI=1S/C16H16F3N3O4/c17-16(18,19)15(26)21-8-3-7-20-12(23)6-9-22-13(24)10-4-1-2-5-11(10)14(22)25/h1-2,4-5H,3,6-9H2,(H,20,23)(H,21,26). The second-order valence-corrected chi connectivity index (χ2v) is 5.51. The molecule has 0 bridgehead atoms. The molecule has 1 aliphatic rings. The Kier molecular flexibility index (Phi) is 5.96. The third kappa shape index (κ3) is 4.58. The van der Waals surface area contributed by atoms with Gasteiger partial charge in [0.1, 0.15) is 0 Å². The minimum Gasteiger partial charge on any atom is -0.356 e. The second-order valence-electron chi connectivity index (χ2n) is 5.51. The molecule has 0 saturated heterocycles. The van der Waals surface area contributed by atoms with Gasteiger partial charge in [-0.15, -0.1) is 0 Å². The molecule has 1 aromatic carbocycles. The fraction of sp³-hybridized carbons (Fsp3) is 0.375. The fourth-order valence-electron chi connectivity index (χ4n) is 2.36. The number of hydrogen-bond donors (Lipinski definition) is 2. The van der Waals surface area contributed by atoms with E-state index in [4.69, 9.17) is 0 Å². The van der Waals surface area contributed by atoms with Crippen LogP contribution in [0.1, 0.15) is 33.6 Å². The summed E-state index contributed by atoms with van der Waals surface area (Å²) in [5, 5.41) is 4.13. The van der Waals surface area contributed by atoms with Crippen LogP contribution in [0.5, 0.6) is 0 Å². The highest BCUT2D eigenvalue weighted by Crippen LogP contribution is 2.22. The Bertz CT molecular complexity index is 699. The molecular weight excluding hydrogens is 355 g/mol. The van der Waals surface area contributed by atoms with Crippen LogP contribution in [0, 0.1) is 0 Å². The number of carbonyl (C=O) groups excluding carboxylic acids is 4. The summed E-state index contributed by atoms with van der Waals surface area (Å²) in [6, 6.07) is 6.34. The summed E-state index contributed by atoms with van der Waals surface area (Å²) in [5.74, 6) is -3.42. The van der Waals surface area contributed by atoms with E-state index in [2.05, 4.69) is 5.32 Å². The number of halogens is 3. The summed E-state index contributed by atoms with van der Waals surface area (Å²) in [5.41, 5.74) is 0.580. The number of hydrogen-bond acceptors (Lipinski definition) is 4. The van der Waals surface area contributed by atoms with Crippen molar-refractivity contribution in [1.29, 1.82) is 0 Å². The molecule has 0 aromatic heterocycles. The van der Waals surface area contributed by atoms with E-state index in [1.165, 1.54) is 12.1 Å². The molecule has 1 heterocycles. The first-order valence-corrected chi connectivity index (χ1v) is 7.78. The zero-order valence-corrected chi connectivity index (χ0v) is 13.6. The summed E-state index contributed by atoms with van der Waals surface area (Å²) in [7, 11) is 0. The van der Waals surface area contributed by atoms with Crippen LogP contribution in [0.3, 0.4) is 0 Å². The molecule has 0 unspecified atom stereocenters. The van der Waals surface area contributed by atoms with Crippen LogP contribution in [0.4, 0.5) is 13.2 Å². The quantitative estimate of drug-likeness (QED) is 0.549. The van der Waals surface area contributed by atoms with Crippen molar-refractivity contribution in [1.82, 2.24) is 15.5 Å². The van der Waals surface area contributed by atoms with Gasteiger partial charge in [0.15, 0.2) is 0 Å². The molecule has 0 atom stereocenters. The summed E-state index contributed by atoms with van der Waals surface area (Å²) in [4.78, 5) is 47.5. The van der Waals surface area contributed by atoms with Crippen molar-refractivity contribution in [3.05, 3.63) is 35.4 Å². The van der Waals surface area contributed by atoms with Crippen LogP contribution >= 0.6 is 0 Å². The van der Waals surface area contributed by atoms with E-state index >= 15 is 0 Å². The number of nitrogens with zero attached hydrogens (tertiary/aromatic N) is 1. The molecule has 2 rings (SSSR count).